The molecule has 1 N–H and O–H groups in total. The van der Waals surface area contributed by atoms with E-state index in [1.807, 2.05) is 12.4 Å². The molecule has 15 heavy (non-hydrogen) atoms. The summed E-state index contributed by atoms with van der Waals surface area (Å²) in [4.78, 5) is 4.30. The number of unbranched alkanes of at least 4 members (excludes halogenated alkanes) is 1. The highest BCUT2D eigenvalue weighted by Crippen LogP contribution is 2.19. The van der Waals surface area contributed by atoms with E-state index in [0.29, 0.717) is 0 Å². The van der Waals surface area contributed by atoms with Crippen LogP contribution in [0.2, 0.25) is 0 Å². The highest BCUT2D eigenvalue weighted by atomic mass is 14.9. The second kappa shape index (κ2) is 5.26. The van der Waals surface area contributed by atoms with Crippen LogP contribution in [0.15, 0.2) is 18.5 Å². The third-order valence-corrected chi connectivity index (χ3v) is 2.84. The van der Waals surface area contributed by atoms with Crippen molar-refractivity contribution in [3.63, 3.8) is 0 Å². The standard InChI is InChI=1S/C13H20N2/c1-2-3-4-11-7-12(9-14-8-11)10-15-13-5-6-13/h7-9,13,15H,2-6,10H2,1H3. The summed E-state index contributed by atoms with van der Waals surface area (Å²) in [5.41, 5.74) is 2.71. The molecular weight excluding hydrogens is 184 g/mol. The Morgan fingerprint density at radius 1 is 1.33 bits per heavy atom. The Labute approximate surface area is 92.1 Å². The molecule has 1 saturated carbocycles. The minimum absolute atomic E-state index is 0.782. The van der Waals surface area contributed by atoms with Crippen LogP contribution in [0.4, 0.5) is 0 Å². The van der Waals surface area contributed by atoms with Crippen molar-refractivity contribution in [1.82, 2.24) is 10.3 Å². The van der Waals surface area contributed by atoms with E-state index in [4.69, 9.17) is 0 Å². The molecule has 1 fully saturated rings. The van der Waals surface area contributed by atoms with Gasteiger partial charge in [-0.3, -0.25) is 4.98 Å². The summed E-state index contributed by atoms with van der Waals surface area (Å²) in [5.74, 6) is 0. The van der Waals surface area contributed by atoms with Gasteiger partial charge >= 0.3 is 0 Å². The Morgan fingerprint density at radius 2 is 2.13 bits per heavy atom. The summed E-state index contributed by atoms with van der Waals surface area (Å²) in [6.07, 6.45) is 10.4. The molecule has 0 unspecified atom stereocenters. The molecule has 0 bridgehead atoms. The van der Waals surface area contributed by atoms with Crippen molar-refractivity contribution in [3.8, 4) is 0 Å². The lowest BCUT2D eigenvalue weighted by Crippen LogP contribution is -2.15. The molecule has 0 spiro atoms. The van der Waals surface area contributed by atoms with Crippen LogP contribution < -0.4 is 5.32 Å². The third-order valence-electron chi connectivity index (χ3n) is 2.84. The molecule has 1 aromatic heterocycles. The fraction of sp³-hybridized carbons (Fsp3) is 0.615. The van der Waals surface area contributed by atoms with Crippen LogP contribution in [0.25, 0.3) is 0 Å². The van der Waals surface area contributed by atoms with Gasteiger partial charge in [0, 0.05) is 25.0 Å². The van der Waals surface area contributed by atoms with Gasteiger partial charge in [-0.2, -0.15) is 0 Å². The Balaban J connectivity index is 1.85. The highest BCUT2D eigenvalue weighted by molar-refractivity contribution is 5.18. The summed E-state index contributed by atoms with van der Waals surface area (Å²) in [7, 11) is 0. The fourth-order valence-electron chi connectivity index (χ4n) is 1.71. The second-order valence-electron chi connectivity index (χ2n) is 4.46. The Hall–Kier alpha value is -0.890. The SMILES string of the molecule is CCCCc1cncc(CNC2CC2)c1. The van der Waals surface area contributed by atoms with Crippen molar-refractivity contribution in [2.45, 2.75) is 51.6 Å². The lowest BCUT2D eigenvalue weighted by atomic mass is 10.1. The summed E-state index contributed by atoms with van der Waals surface area (Å²) in [6.45, 7) is 3.21. The maximum atomic E-state index is 4.30. The van der Waals surface area contributed by atoms with Crippen LogP contribution in [0.5, 0.6) is 0 Å². The van der Waals surface area contributed by atoms with Gasteiger partial charge in [-0.05, 0) is 36.8 Å². The minimum Gasteiger partial charge on any atom is -0.310 e. The molecule has 0 atom stereocenters. The van der Waals surface area contributed by atoms with Gasteiger partial charge in [0.15, 0.2) is 0 Å². The molecule has 82 valence electrons. The first-order valence-corrected chi connectivity index (χ1v) is 6.04. The molecule has 1 aliphatic carbocycles. The zero-order chi connectivity index (χ0) is 10.5. The molecule has 0 aromatic carbocycles. The Bertz CT molecular complexity index is 305. The van der Waals surface area contributed by atoms with Gasteiger partial charge in [-0.25, -0.2) is 0 Å². The van der Waals surface area contributed by atoms with Gasteiger partial charge in [0.25, 0.3) is 0 Å². The molecule has 2 nitrogen and oxygen atoms in total. The minimum atomic E-state index is 0.782. The van der Waals surface area contributed by atoms with E-state index >= 15 is 0 Å². The largest absolute Gasteiger partial charge is 0.310 e. The molecule has 1 aliphatic rings. The number of nitrogens with zero attached hydrogens (tertiary/aromatic N) is 1. The second-order valence-corrected chi connectivity index (χ2v) is 4.46. The maximum absolute atomic E-state index is 4.30. The summed E-state index contributed by atoms with van der Waals surface area (Å²) < 4.78 is 0. The first-order valence-electron chi connectivity index (χ1n) is 6.04. The van der Waals surface area contributed by atoms with Crippen molar-refractivity contribution < 1.29 is 0 Å². The average Bonchev–Trinajstić information content (AvgIpc) is 3.08. The van der Waals surface area contributed by atoms with Crippen molar-refractivity contribution in [3.05, 3.63) is 29.6 Å². The number of hydrogen-bond donors (Lipinski definition) is 1. The van der Waals surface area contributed by atoms with Crippen LogP contribution in [0, 0.1) is 0 Å². The molecule has 2 rings (SSSR count). The number of aromatic nitrogens is 1. The highest BCUT2D eigenvalue weighted by Gasteiger charge is 2.19. The predicted molar refractivity (Wildman–Crippen MR) is 62.7 cm³/mol. The van der Waals surface area contributed by atoms with E-state index in [0.717, 1.165) is 12.6 Å². The third kappa shape index (κ3) is 3.63. The number of hydrogen-bond acceptors (Lipinski definition) is 2. The van der Waals surface area contributed by atoms with E-state index in [9.17, 15) is 0 Å². The fourth-order valence-corrected chi connectivity index (χ4v) is 1.71. The monoisotopic (exact) mass is 204 g/mol. The normalized spacial score (nSPS) is 15.5. The number of nitrogens with one attached hydrogen (secondary N) is 1. The van der Waals surface area contributed by atoms with Crippen LogP contribution in [0.3, 0.4) is 0 Å². The van der Waals surface area contributed by atoms with Crippen LogP contribution in [0.1, 0.15) is 43.7 Å². The predicted octanol–water partition coefficient (Wildman–Crippen LogP) is 2.68. The zero-order valence-corrected chi connectivity index (χ0v) is 9.50. The van der Waals surface area contributed by atoms with Crippen molar-refractivity contribution in [1.29, 1.82) is 0 Å². The molecule has 0 saturated heterocycles. The lowest BCUT2D eigenvalue weighted by molar-refractivity contribution is 0.684. The molecule has 0 radical (unpaired) electrons. The van der Waals surface area contributed by atoms with Gasteiger partial charge in [0.2, 0.25) is 0 Å². The van der Waals surface area contributed by atoms with Gasteiger partial charge in [-0.1, -0.05) is 19.4 Å². The van der Waals surface area contributed by atoms with E-state index in [2.05, 4.69) is 23.3 Å². The number of pyridine rings is 1. The zero-order valence-electron chi connectivity index (χ0n) is 9.50. The molecule has 0 aliphatic heterocycles. The molecular formula is C13H20N2. The van der Waals surface area contributed by atoms with E-state index in [1.54, 1.807) is 0 Å². The summed E-state index contributed by atoms with van der Waals surface area (Å²) in [6, 6.07) is 3.07. The number of aryl methyl sites for hydroxylation is 1. The smallest absolute Gasteiger partial charge is 0.0313 e. The first kappa shape index (κ1) is 10.6. The van der Waals surface area contributed by atoms with E-state index < -0.39 is 0 Å². The Morgan fingerprint density at radius 3 is 2.87 bits per heavy atom. The van der Waals surface area contributed by atoms with Crippen LogP contribution in [-0.4, -0.2) is 11.0 Å². The van der Waals surface area contributed by atoms with Crippen molar-refractivity contribution >= 4 is 0 Å². The Kier molecular flexibility index (Phi) is 3.73. The summed E-state index contributed by atoms with van der Waals surface area (Å²) >= 11 is 0. The average molecular weight is 204 g/mol. The molecule has 2 heteroatoms. The maximum Gasteiger partial charge on any atom is 0.0313 e. The first-order chi connectivity index (χ1) is 7.38. The summed E-state index contributed by atoms with van der Waals surface area (Å²) in [5, 5.41) is 3.52. The quantitative estimate of drug-likeness (QED) is 0.770. The topological polar surface area (TPSA) is 24.9 Å². The van der Waals surface area contributed by atoms with Crippen molar-refractivity contribution in [2.24, 2.45) is 0 Å². The molecule has 1 heterocycles. The lowest BCUT2D eigenvalue weighted by Gasteiger charge is -2.05. The van der Waals surface area contributed by atoms with Gasteiger partial charge in [0.05, 0.1) is 0 Å². The van der Waals surface area contributed by atoms with Crippen LogP contribution in [-0.2, 0) is 13.0 Å². The molecule has 0 amide bonds. The van der Waals surface area contributed by atoms with Gasteiger partial charge < -0.3 is 5.32 Å². The van der Waals surface area contributed by atoms with Gasteiger partial charge in [-0.15, -0.1) is 0 Å². The molecule has 1 aromatic rings. The number of rotatable bonds is 6. The van der Waals surface area contributed by atoms with Gasteiger partial charge in [0.1, 0.15) is 0 Å². The van der Waals surface area contributed by atoms with Crippen LogP contribution >= 0.6 is 0 Å². The van der Waals surface area contributed by atoms with Crippen molar-refractivity contribution in [2.75, 3.05) is 0 Å². The van der Waals surface area contributed by atoms with E-state index in [1.165, 1.54) is 43.2 Å². The van der Waals surface area contributed by atoms with E-state index in [-0.39, 0.29) is 0 Å².